The van der Waals surface area contributed by atoms with E-state index >= 15 is 0 Å². The zero-order valence-electron chi connectivity index (χ0n) is 12.1. The molecule has 0 spiro atoms. The molecule has 2 aromatic rings. The fourth-order valence-corrected chi connectivity index (χ4v) is 3.44. The summed E-state index contributed by atoms with van der Waals surface area (Å²) in [5.74, 6) is 0. The molecule has 1 N–H and O–H groups in total. The van der Waals surface area contributed by atoms with Crippen LogP contribution in [0.1, 0.15) is 29.0 Å². The number of amidine groups is 1. The molecule has 4 heteroatoms. The Morgan fingerprint density at radius 2 is 2.05 bits per heavy atom. The van der Waals surface area contributed by atoms with Crippen molar-refractivity contribution in [1.29, 1.82) is 0 Å². The molecular formula is C17H19N3S. The molecule has 3 rings (SSSR count). The van der Waals surface area contributed by atoms with Crippen LogP contribution < -0.4 is 5.32 Å². The summed E-state index contributed by atoms with van der Waals surface area (Å²) in [5.41, 5.74) is 3.76. The van der Waals surface area contributed by atoms with Crippen LogP contribution in [-0.2, 0) is 13.0 Å². The summed E-state index contributed by atoms with van der Waals surface area (Å²) in [4.78, 5) is 9.07. The van der Waals surface area contributed by atoms with Crippen molar-refractivity contribution >= 4 is 16.9 Å². The molecule has 1 aliphatic heterocycles. The number of aromatic nitrogens is 1. The molecule has 108 valence electrons. The van der Waals surface area contributed by atoms with E-state index in [9.17, 15) is 0 Å². The van der Waals surface area contributed by atoms with E-state index in [1.54, 1.807) is 0 Å². The van der Waals surface area contributed by atoms with Crippen molar-refractivity contribution in [2.45, 2.75) is 25.1 Å². The second kappa shape index (κ2) is 6.76. The first-order chi connectivity index (χ1) is 10.4. The summed E-state index contributed by atoms with van der Waals surface area (Å²) in [5, 5.41) is 4.88. The van der Waals surface area contributed by atoms with E-state index in [2.05, 4.69) is 58.6 Å². The minimum Gasteiger partial charge on any atom is -0.359 e. The molecular weight excluding hydrogens is 278 g/mol. The van der Waals surface area contributed by atoms with Gasteiger partial charge >= 0.3 is 0 Å². The van der Waals surface area contributed by atoms with Gasteiger partial charge in [0.2, 0.25) is 0 Å². The number of hydrogen-bond donors (Lipinski definition) is 1. The van der Waals surface area contributed by atoms with Crippen LogP contribution in [0.5, 0.6) is 0 Å². The Morgan fingerprint density at radius 3 is 2.86 bits per heavy atom. The monoisotopic (exact) mass is 297 g/mol. The van der Waals surface area contributed by atoms with Crippen LogP contribution in [0.4, 0.5) is 0 Å². The largest absolute Gasteiger partial charge is 0.359 e. The van der Waals surface area contributed by atoms with Gasteiger partial charge in [0.15, 0.2) is 5.17 Å². The number of benzene rings is 1. The van der Waals surface area contributed by atoms with E-state index in [1.807, 2.05) is 24.0 Å². The molecule has 1 unspecified atom stereocenters. The topological polar surface area (TPSA) is 37.3 Å². The maximum atomic E-state index is 4.60. The Morgan fingerprint density at radius 1 is 1.19 bits per heavy atom. The number of aliphatic imine (C=N–C) groups is 1. The van der Waals surface area contributed by atoms with Gasteiger partial charge in [-0.1, -0.05) is 55.1 Å². The van der Waals surface area contributed by atoms with Gasteiger partial charge in [0.25, 0.3) is 0 Å². The van der Waals surface area contributed by atoms with Crippen molar-refractivity contribution in [3.63, 3.8) is 0 Å². The maximum absolute atomic E-state index is 4.60. The second-order valence-electron chi connectivity index (χ2n) is 4.98. The van der Waals surface area contributed by atoms with E-state index < -0.39 is 0 Å². The third kappa shape index (κ3) is 3.45. The van der Waals surface area contributed by atoms with Gasteiger partial charge < -0.3 is 5.32 Å². The fraction of sp³-hybridized carbons (Fsp3) is 0.294. The molecule has 1 aromatic heterocycles. The Hall–Kier alpha value is -1.81. The minimum atomic E-state index is 0.433. The molecule has 0 saturated carbocycles. The molecule has 1 atom stereocenters. The van der Waals surface area contributed by atoms with Gasteiger partial charge in [-0.05, 0) is 23.6 Å². The van der Waals surface area contributed by atoms with Crippen LogP contribution >= 0.6 is 11.8 Å². The number of nitrogens with one attached hydrogen (secondary N) is 1. The summed E-state index contributed by atoms with van der Waals surface area (Å²) in [6.07, 6.45) is 2.86. The first-order valence-electron chi connectivity index (χ1n) is 7.29. The molecule has 21 heavy (non-hydrogen) atoms. The number of rotatable bonds is 4. The predicted molar refractivity (Wildman–Crippen MR) is 89.5 cm³/mol. The van der Waals surface area contributed by atoms with Crippen LogP contribution in [0.25, 0.3) is 0 Å². The van der Waals surface area contributed by atoms with Gasteiger partial charge in [0.05, 0.1) is 24.0 Å². The highest BCUT2D eigenvalue weighted by Gasteiger charge is 2.21. The molecule has 0 bridgehead atoms. The predicted octanol–water partition coefficient (Wildman–Crippen LogP) is 3.58. The Labute approximate surface area is 129 Å². The number of thioether (sulfide) groups is 1. The molecule has 0 radical (unpaired) electrons. The summed E-state index contributed by atoms with van der Waals surface area (Å²) < 4.78 is 0. The van der Waals surface area contributed by atoms with Crippen molar-refractivity contribution in [3.8, 4) is 0 Å². The molecule has 0 amide bonds. The SMILES string of the molecule is CCc1cccnc1CNC1=NCC(c2ccccc2)S1. The summed E-state index contributed by atoms with van der Waals surface area (Å²) in [7, 11) is 0. The smallest absolute Gasteiger partial charge is 0.157 e. The summed E-state index contributed by atoms with van der Waals surface area (Å²) >= 11 is 1.81. The zero-order chi connectivity index (χ0) is 14.5. The van der Waals surface area contributed by atoms with Crippen LogP contribution in [0.3, 0.4) is 0 Å². The number of nitrogens with zero attached hydrogens (tertiary/aromatic N) is 2. The van der Waals surface area contributed by atoms with Crippen molar-refractivity contribution in [1.82, 2.24) is 10.3 Å². The highest BCUT2D eigenvalue weighted by atomic mass is 32.2. The quantitative estimate of drug-likeness (QED) is 0.937. The van der Waals surface area contributed by atoms with Crippen molar-refractivity contribution in [2.75, 3.05) is 6.54 Å². The average molecular weight is 297 g/mol. The van der Waals surface area contributed by atoms with E-state index in [0.29, 0.717) is 5.25 Å². The zero-order valence-corrected chi connectivity index (χ0v) is 12.9. The third-order valence-corrected chi connectivity index (χ3v) is 4.80. The molecule has 3 nitrogen and oxygen atoms in total. The molecule has 0 saturated heterocycles. The van der Waals surface area contributed by atoms with Crippen LogP contribution in [0, 0.1) is 0 Å². The number of pyridine rings is 1. The molecule has 0 fully saturated rings. The first kappa shape index (κ1) is 14.1. The van der Waals surface area contributed by atoms with E-state index in [1.165, 1.54) is 11.1 Å². The van der Waals surface area contributed by atoms with Gasteiger partial charge in [-0.25, -0.2) is 0 Å². The van der Waals surface area contributed by atoms with Gasteiger partial charge in [-0.2, -0.15) is 0 Å². The van der Waals surface area contributed by atoms with Gasteiger partial charge in [-0.15, -0.1) is 0 Å². The first-order valence-corrected chi connectivity index (χ1v) is 8.17. The highest BCUT2D eigenvalue weighted by molar-refractivity contribution is 8.14. The van der Waals surface area contributed by atoms with E-state index in [0.717, 1.165) is 30.4 Å². The maximum Gasteiger partial charge on any atom is 0.157 e. The lowest BCUT2D eigenvalue weighted by molar-refractivity contribution is 0.852. The lowest BCUT2D eigenvalue weighted by Gasteiger charge is -2.10. The standard InChI is InChI=1S/C17H19N3S/c1-2-13-9-6-10-18-15(13)11-19-17-20-12-16(21-17)14-7-4-3-5-8-14/h3-10,16H,2,11-12H2,1H3,(H,19,20). The Balaban J connectivity index is 1.58. The summed E-state index contributed by atoms with van der Waals surface area (Å²) in [6, 6.07) is 14.7. The van der Waals surface area contributed by atoms with Crippen LogP contribution in [0.15, 0.2) is 53.7 Å². The lowest BCUT2D eigenvalue weighted by Crippen LogP contribution is -2.20. The highest BCUT2D eigenvalue weighted by Crippen LogP contribution is 2.34. The van der Waals surface area contributed by atoms with E-state index in [-0.39, 0.29) is 0 Å². The van der Waals surface area contributed by atoms with Crippen LogP contribution in [-0.4, -0.2) is 16.7 Å². The summed E-state index contributed by atoms with van der Waals surface area (Å²) in [6.45, 7) is 3.75. The average Bonchev–Trinajstić information content (AvgIpc) is 3.03. The molecule has 1 aliphatic rings. The Bertz CT molecular complexity index is 625. The van der Waals surface area contributed by atoms with Gasteiger partial charge in [0.1, 0.15) is 0 Å². The second-order valence-corrected chi connectivity index (χ2v) is 6.17. The molecule has 1 aromatic carbocycles. The molecule has 2 heterocycles. The van der Waals surface area contributed by atoms with Crippen molar-refractivity contribution < 1.29 is 0 Å². The van der Waals surface area contributed by atoms with Gasteiger partial charge in [-0.3, -0.25) is 9.98 Å². The van der Waals surface area contributed by atoms with Crippen molar-refractivity contribution in [2.24, 2.45) is 4.99 Å². The van der Waals surface area contributed by atoms with E-state index in [4.69, 9.17) is 0 Å². The number of hydrogen-bond acceptors (Lipinski definition) is 4. The minimum absolute atomic E-state index is 0.433. The fourth-order valence-electron chi connectivity index (χ4n) is 2.43. The molecule has 0 aliphatic carbocycles. The van der Waals surface area contributed by atoms with Crippen molar-refractivity contribution in [3.05, 3.63) is 65.5 Å². The lowest BCUT2D eigenvalue weighted by atomic mass is 10.1. The normalized spacial score (nSPS) is 17.6. The Kier molecular flexibility index (Phi) is 4.55. The van der Waals surface area contributed by atoms with Gasteiger partial charge in [0, 0.05) is 6.20 Å². The number of aryl methyl sites for hydroxylation is 1. The van der Waals surface area contributed by atoms with Crippen LogP contribution in [0.2, 0.25) is 0 Å². The third-order valence-electron chi connectivity index (χ3n) is 3.60.